The van der Waals surface area contributed by atoms with Crippen LogP contribution in [0.5, 0.6) is 0 Å². The lowest BCUT2D eigenvalue weighted by Gasteiger charge is -2.39. The minimum Gasteiger partial charge on any atom is -0.371 e. The average molecular weight is 563 g/mol. The van der Waals surface area contributed by atoms with Gasteiger partial charge in [-0.05, 0) is 110 Å². The van der Waals surface area contributed by atoms with Crippen molar-refractivity contribution in [2.45, 2.75) is 56.9 Å². The summed E-state index contributed by atoms with van der Waals surface area (Å²) < 4.78 is 43.3. The van der Waals surface area contributed by atoms with Gasteiger partial charge in [-0.3, -0.25) is 9.78 Å². The summed E-state index contributed by atoms with van der Waals surface area (Å²) in [6.07, 6.45) is 8.10. The number of piperidine rings is 1. The molecule has 0 saturated carbocycles. The van der Waals surface area contributed by atoms with Crippen molar-refractivity contribution in [1.29, 1.82) is 0 Å². The van der Waals surface area contributed by atoms with E-state index >= 15 is 0 Å². The molecule has 1 unspecified atom stereocenters. The molecule has 210 valence electrons. The van der Waals surface area contributed by atoms with Gasteiger partial charge in [0.25, 0.3) is 5.91 Å². The van der Waals surface area contributed by atoms with E-state index in [0.717, 1.165) is 63.0 Å². The number of rotatable bonds is 5. The third-order valence-electron chi connectivity index (χ3n) is 9.04. The van der Waals surface area contributed by atoms with Gasteiger partial charge in [-0.2, -0.15) is 0 Å². The lowest BCUT2D eigenvalue weighted by molar-refractivity contribution is 0.0610. The molecule has 7 nitrogen and oxygen atoms in total. The van der Waals surface area contributed by atoms with Gasteiger partial charge >= 0.3 is 0 Å². The van der Waals surface area contributed by atoms with Gasteiger partial charge in [0.1, 0.15) is 5.82 Å². The van der Waals surface area contributed by atoms with Crippen LogP contribution in [0, 0.1) is 25.1 Å². The first-order chi connectivity index (χ1) is 19.1. The number of carbonyl (C=O) groups is 1. The second kappa shape index (κ2) is 10.3. The van der Waals surface area contributed by atoms with Gasteiger partial charge in [0, 0.05) is 55.9 Å². The van der Waals surface area contributed by atoms with Crippen LogP contribution < -0.4 is 9.62 Å². The molecule has 3 aliphatic rings. The summed E-state index contributed by atoms with van der Waals surface area (Å²) in [7, 11) is -3.88. The average Bonchev–Trinajstić information content (AvgIpc) is 3.52. The number of benzene rings is 2. The number of fused-ring (bicyclic) bond motifs is 1. The van der Waals surface area contributed by atoms with Crippen molar-refractivity contribution in [2.75, 3.05) is 31.1 Å². The number of hydrogen-bond acceptors (Lipinski definition) is 5. The van der Waals surface area contributed by atoms with Crippen LogP contribution in [0.3, 0.4) is 0 Å². The van der Waals surface area contributed by atoms with E-state index in [9.17, 15) is 17.6 Å². The van der Waals surface area contributed by atoms with Crippen molar-refractivity contribution in [3.8, 4) is 0 Å². The Morgan fingerprint density at radius 3 is 2.38 bits per heavy atom. The van der Waals surface area contributed by atoms with E-state index in [1.54, 1.807) is 13.8 Å². The second-order valence-electron chi connectivity index (χ2n) is 11.7. The lowest BCUT2D eigenvalue weighted by Crippen LogP contribution is -2.44. The number of carbonyl (C=O) groups excluding carboxylic acids is 1. The highest BCUT2D eigenvalue weighted by Gasteiger charge is 2.41. The monoisotopic (exact) mass is 562 g/mol. The summed E-state index contributed by atoms with van der Waals surface area (Å²) in [6, 6.07) is 11.9. The molecule has 1 aliphatic carbocycles. The molecule has 1 N–H and O–H groups in total. The third-order valence-corrected chi connectivity index (χ3v) is 10.8. The number of aryl methyl sites for hydroxylation is 3. The van der Waals surface area contributed by atoms with Gasteiger partial charge in [-0.1, -0.05) is 6.07 Å². The van der Waals surface area contributed by atoms with E-state index in [2.05, 4.69) is 26.7 Å². The minimum atomic E-state index is -3.88. The normalized spacial score (nSPS) is 20.2. The maximum atomic E-state index is 13.8. The molecule has 0 radical (unpaired) electrons. The first-order valence-electron chi connectivity index (χ1n) is 14.0. The highest BCUT2D eigenvalue weighted by molar-refractivity contribution is 7.89. The van der Waals surface area contributed by atoms with Gasteiger partial charge in [-0.15, -0.1) is 0 Å². The SMILES string of the molecule is Cc1cc(F)cc(C)c1S(=O)(=O)NC1CCc2ccc(C(=O)N3CCC4(CC3)CCN(c3ccncc3)C4)cc21. The zero-order valence-corrected chi connectivity index (χ0v) is 23.8. The minimum absolute atomic E-state index is 0.000340. The van der Waals surface area contributed by atoms with Crippen molar-refractivity contribution < 1.29 is 17.6 Å². The molecule has 9 heteroatoms. The van der Waals surface area contributed by atoms with Crippen molar-refractivity contribution in [1.82, 2.24) is 14.6 Å². The number of nitrogens with one attached hydrogen (secondary N) is 1. The Labute approximate surface area is 235 Å². The van der Waals surface area contributed by atoms with E-state index < -0.39 is 21.9 Å². The van der Waals surface area contributed by atoms with Crippen LogP contribution in [0.2, 0.25) is 0 Å². The van der Waals surface area contributed by atoms with Crippen molar-refractivity contribution in [3.05, 3.63) is 88.5 Å². The number of amides is 1. The van der Waals surface area contributed by atoms with Crippen molar-refractivity contribution in [3.63, 3.8) is 0 Å². The standard InChI is InChI=1S/C31H35FN4O3S/c1-21-17-25(32)18-22(2)29(21)40(38,39)34-28-6-5-23-3-4-24(19-27(23)28)30(37)35-14-9-31(10-15-35)11-16-36(20-31)26-7-12-33-13-8-26/h3-4,7-8,12-13,17-19,28,34H,5-6,9-11,14-16,20H2,1-2H3. The smallest absolute Gasteiger partial charge is 0.253 e. The molecule has 1 atom stereocenters. The van der Waals surface area contributed by atoms with E-state index in [0.29, 0.717) is 23.1 Å². The fourth-order valence-corrected chi connectivity index (χ4v) is 8.61. The van der Waals surface area contributed by atoms with E-state index in [4.69, 9.17) is 0 Å². The summed E-state index contributed by atoms with van der Waals surface area (Å²) in [4.78, 5) is 22.2. The Bertz CT molecular complexity index is 1530. The molecule has 1 aromatic heterocycles. The van der Waals surface area contributed by atoms with Crippen LogP contribution in [-0.2, 0) is 16.4 Å². The molecule has 1 amide bonds. The quantitative estimate of drug-likeness (QED) is 0.477. The van der Waals surface area contributed by atoms with E-state index in [1.165, 1.54) is 17.8 Å². The molecular weight excluding hydrogens is 527 g/mol. The number of anilines is 1. The van der Waals surface area contributed by atoms with Gasteiger partial charge in [-0.25, -0.2) is 17.5 Å². The van der Waals surface area contributed by atoms with Gasteiger partial charge in [0.05, 0.1) is 4.90 Å². The molecule has 40 heavy (non-hydrogen) atoms. The van der Waals surface area contributed by atoms with Crippen LogP contribution in [0.1, 0.15) is 64.3 Å². The number of hydrogen-bond donors (Lipinski definition) is 1. The molecule has 2 aromatic carbocycles. The predicted molar refractivity (Wildman–Crippen MR) is 152 cm³/mol. The molecule has 3 aromatic rings. The number of aromatic nitrogens is 1. The van der Waals surface area contributed by atoms with Crippen LogP contribution in [0.25, 0.3) is 0 Å². The summed E-state index contributed by atoms with van der Waals surface area (Å²) in [5, 5.41) is 0. The molecular formula is C31H35FN4O3S. The highest BCUT2D eigenvalue weighted by atomic mass is 32.2. The first kappa shape index (κ1) is 26.9. The first-order valence-corrected chi connectivity index (χ1v) is 15.5. The van der Waals surface area contributed by atoms with Crippen LogP contribution in [0.4, 0.5) is 10.1 Å². The number of nitrogens with zero attached hydrogens (tertiary/aromatic N) is 3. The summed E-state index contributed by atoms with van der Waals surface area (Å²) in [5.41, 5.74) is 4.69. The van der Waals surface area contributed by atoms with Gasteiger partial charge in [0.15, 0.2) is 0 Å². The number of pyridine rings is 1. The highest BCUT2D eigenvalue weighted by Crippen LogP contribution is 2.42. The van der Waals surface area contributed by atoms with Crippen LogP contribution in [-0.4, -0.2) is 50.4 Å². The maximum Gasteiger partial charge on any atom is 0.253 e. The molecule has 0 bridgehead atoms. The fraction of sp³-hybridized carbons (Fsp3) is 0.419. The fourth-order valence-electron chi connectivity index (χ4n) is 6.91. The van der Waals surface area contributed by atoms with E-state index in [-0.39, 0.29) is 16.2 Å². The zero-order chi connectivity index (χ0) is 28.1. The Morgan fingerprint density at radius 2 is 1.68 bits per heavy atom. The Kier molecular flexibility index (Phi) is 6.91. The van der Waals surface area contributed by atoms with Crippen molar-refractivity contribution >= 4 is 21.6 Å². The van der Waals surface area contributed by atoms with Crippen LogP contribution in [0.15, 0.2) is 59.8 Å². The maximum absolute atomic E-state index is 13.8. The number of sulfonamides is 1. The summed E-state index contributed by atoms with van der Waals surface area (Å²) >= 11 is 0. The predicted octanol–water partition coefficient (Wildman–Crippen LogP) is 4.94. The van der Waals surface area contributed by atoms with E-state index in [1.807, 2.05) is 35.5 Å². The second-order valence-corrected chi connectivity index (χ2v) is 13.3. The molecule has 2 aliphatic heterocycles. The molecule has 2 fully saturated rings. The molecule has 1 spiro atoms. The number of likely N-dealkylation sites (tertiary alicyclic amines) is 1. The number of halogens is 1. The van der Waals surface area contributed by atoms with Crippen LogP contribution >= 0.6 is 0 Å². The van der Waals surface area contributed by atoms with Gasteiger partial charge < -0.3 is 9.80 Å². The molecule has 3 heterocycles. The molecule has 2 saturated heterocycles. The lowest BCUT2D eigenvalue weighted by atomic mass is 9.77. The summed E-state index contributed by atoms with van der Waals surface area (Å²) in [5.74, 6) is -0.452. The Balaban J connectivity index is 1.14. The Hall–Kier alpha value is -3.30. The summed E-state index contributed by atoms with van der Waals surface area (Å²) in [6.45, 7) is 6.69. The third kappa shape index (κ3) is 5.01. The van der Waals surface area contributed by atoms with Crippen molar-refractivity contribution in [2.24, 2.45) is 5.41 Å². The topological polar surface area (TPSA) is 82.6 Å². The molecule has 6 rings (SSSR count). The largest absolute Gasteiger partial charge is 0.371 e. The Morgan fingerprint density at radius 1 is 1.00 bits per heavy atom. The zero-order valence-electron chi connectivity index (χ0n) is 23.0. The van der Waals surface area contributed by atoms with Gasteiger partial charge in [0.2, 0.25) is 10.0 Å².